The number of likely N-dealkylation sites (tertiary alicyclic amines) is 1. The van der Waals surface area contributed by atoms with Crippen LogP contribution < -0.4 is 15.0 Å². The van der Waals surface area contributed by atoms with E-state index in [9.17, 15) is 9.59 Å². The molecule has 1 amide bonds. The molecule has 1 aromatic carbocycles. The quantitative estimate of drug-likeness (QED) is 0.857. The first-order valence-corrected chi connectivity index (χ1v) is 9.89. The molecular formula is C21H25N3O4. The number of fused-ring (bicyclic) bond motifs is 1. The molecule has 2 aliphatic rings. The summed E-state index contributed by atoms with van der Waals surface area (Å²) in [5.74, 6) is 2.43. The van der Waals surface area contributed by atoms with E-state index in [0.717, 1.165) is 48.6 Å². The number of hydrogen-bond donors (Lipinski definition) is 1. The van der Waals surface area contributed by atoms with Gasteiger partial charge in [-0.05, 0) is 43.4 Å². The second-order valence-electron chi connectivity index (χ2n) is 7.34. The van der Waals surface area contributed by atoms with Gasteiger partial charge < -0.3 is 19.4 Å². The lowest BCUT2D eigenvalue weighted by Crippen LogP contribution is -2.40. The number of aromatic amines is 1. The normalized spacial score (nSPS) is 18.3. The van der Waals surface area contributed by atoms with Crippen molar-refractivity contribution in [1.82, 2.24) is 14.9 Å². The van der Waals surface area contributed by atoms with Crippen molar-refractivity contribution < 1.29 is 14.3 Å². The number of ether oxygens (including phenoxy) is 2. The van der Waals surface area contributed by atoms with Crippen LogP contribution in [0.25, 0.3) is 0 Å². The number of benzene rings is 1. The Balaban J connectivity index is 1.38. The van der Waals surface area contributed by atoms with Crippen LogP contribution in [-0.4, -0.2) is 40.7 Å². The SMILES string of the molecule is CCc1cc(=O)[nH]c(C2CCCN(C(=O)CCc3ccc4c(c3)OCO4)C2)n1. The molecule has 1 aromatic heterocycles. The molecule has 7 nitrogen and oxygen atoms in total. The Morgan fingerprint density at radius 1 is 1.29 bits per heavy atom. The monoisotopic (exact) mass is 383 g/mol. The number of aryl methyl sites for hydroxylation is 2. The molecule has 1 unspecified atom stereocenters. The van der Waals surface area contributed by atoms with E-state index in [1.165, 1.54) is 0 Å². The van der Waals surface area contributed by atoms with Gasteiger partial charge in [0.15, 0.2) is 11.5 Å². The van der Waals surface area contributed by atoms with Crippen molar-refractivity contribution in [2.24, 2.45) is 0 Å². The molecule has 1 saturated heterocycles. The zero-order valence-electron chi connectivity index (χ0n) is 16.1. The van der Waals surface area contributed by atoms with E-state index in [1.807, 2.05) is 30.0 Å². The van der Waals surface area contributed by atoms with Crippen molar-refractivity contribution in [3.05, 3.63) is 51.7 Å². The van der Waals surface area contributed by atoms with Gasteiger partial charge in [-0.15, -0.1) is 0 Å². The maximum absolute atomic E-state index is 12.7. The number of nitrogens with zero attached hydrogens (tertiary/aromatic N) is 2. The van der Waals surface area contributed by atoms with Crippen molar-refractivity contribution in [2.45, 2.75) is 44.9 Å². The number of carbonyl (C=O) groups is 1. The zero-order chi connectivity index (χ0) is 19.5. The summed E-state index contributed by atoms with van der Waals surface area (Å²) in [6.45, 7) is 3.60. The number of hydrogen-bond acceptors (Lipinski definition) is 5. The minimum Gasteiger partial charge on any atom is -0.454 e. The second kappa shape index (κ2) is 8.04. The summed E-state index contributed by atoms with van der Waals surface area (Å²) in [7, 11) is 0. The molecule has 1 atom stereocenters. The maximum Gasteiger partial charge on any atom is 0.251 e. The van der Waals surface area contributed by atoms with Gasteiger partial charge in [-0.3, -0.25) is 9.59 Å². The summed E-state index contributed by atoms with van der Waals surface area (Å²) < 4.78 is 10.7. The highest BCUT2D eigenvalue weighted by molar-refractivity contribution is 5.76. The first-order valence-electron chi connectivity index (χ1n) is 9.89. The van der Waals surface area contributed by atoms with Gasteiger partial charge in [-0.2, -0.15) is 0 Å². The predicted octanol–water partition coefficient (Wildman–Crippen LogP) is 2.40. The maximum atomic E-state index is 12.7. The number of rotatable bonds is 5. The van der Waals surface area contributed by atoms with Crippen LogP contribution in [0.3, 0.4) is 0 Å². The largest absolute Gasteiger partial charge is 0.454 e. The Labute approximate surface area is 163 Å². The summed E-state index contributed by atoms with van der Waals surface area (Å²) in [5.41, 5.74) is 1.74. The summed E-state index contributed by atoms with van der Waals surface area (Å²) in [4.78, 5) is 34.0. The average Bonchev–Trinajstić information content (AvgIpc) is 3.19. The van der Waals surface area contributed by atoms with Crippen LogP contribution in [0.2, 0.25) is 0 Å². The topological polar surface area (TPSA) is 84.5 Å². The average molecular weight is 383 g/mol. The van der Waals surface area contributed by atoms with Gasteiger partial charge >= 0.3 is 0 Å². The van der Waals surface area contributed by atoms with Crippen LogP contribution in [0.15, 0.2) is 29.1 Å². The Hall–Kier alpha value is -2.83. The molecule has 0 aliphatic carbocycles. The summed E-state index contributed by atoms with van der Waals surface area (Å²) in [5, 5.41) is 0. The molecule has 2 aliphatic heterocycles. The van der Waals surface area contributed by atoms with Gasteiger partial charge in [-0.25, -0.2) is 4.98 Å². The molecule has 0 bridgehead atoms. The first kappa shape index (κ1) is 18.5. The Bertz CT molecular complexity index is 924. The Morgan fingerprint density at radius 2 is 2.14 bits per heavy atom. The minimum atomic E-state index is -0.117. The molecule has 7 heteroatoms. The highest BCUT2D eigenvalue weighted by Crippen LogP contribution is 2.33. The van der Waals surface area contributed by atoms with E-state index in [4.69, 9.17) is 9.47 Å². The van der Waals surface area contributed by atoms with Gasteiger partial charge in [-0.1, -0.05) is 13.0 Å². The molecule has 2 aromatic rings. The van der Waals surface area contributed by atoms with Crippen LogP contribution in [-0.2, 0) is 17.6 Å². The van der Waals surface area contributed by atoms with Crippen molar-refractivity contribution in [2.75, 3.05) is 19.9 Å². The first-order chi connectivity index (χ1) is 13.6. The zero-order valence-corrected chi connectivity index (χ0v) is 16.1. The molecular weight excluding hydrogens is 358 g/mol. The number of carbonyl (C=O) groups excluding carboxylic acids is 1. The molecule has 148 valence electrons. The van der Waals surface area contributed by atoms with Gasteiger partial charge in [0, 0.05) is 37.2 Å². The fourth-order valence-corrected chi connectivity index (χ4v) is 3.84. The van der Waals surface area contributed by atoms with Crippen molar-refractivity contribution >= 4 is 5.91 Å². The van der Waals surface area contributed by atoms with E-state index in [-0.39, 0.29) is 24.2 Å². The summed E-state index contributed by atoms with van der Waals surface area (Å²) in [6.07, 6.45) is 3.69. The minimum absolute atomic E-state index is 0.0856. The fraction of sp³-hybridized carbons (Fsp3) is 0.476. The lowest BCUT2D eigenvalue weighted by molar-refractivity contribution is -0.132. The van der Waals surface area contributed by atoms with E-state index < -0.39 is 0 Å². The molecule has 0 saturated carbocycles. The van der Waals surface area contributed by atoms with E-state index in [1.54, 1.807) is 6.07 Å². The highest BCUT2D eigenvalue weighted by Gasteiger charge is 2.26. The molecule has 28 heavy (non-hydrogen) atoms. The van der Waals surface area contributed by atoms with Gasteiger partial charge in [0.25, 0.3) is 5.56 Å². The van der Waals surface area contributed by atoms with E-state index in [2.05, 4.69) is 9.97 Å². The molecule has 1 fully saturated rings. The van der Waals surface area contributed by atoms with E-state index in [0.29, 0.717) is 25.2 Å². The predicted molar refractivity (Wildman–Crippen MR) is 104 cm³/mol. The molecule has 4 rings (SSSR count). The standard InChI is InChI=1S/C21H25N3O4/c1-2-16-11-19(25)23-21(22-16)15-4-3-9-24(12-15)20(26)8-6-14-5-7-17-18(10-14)28-13-27-17/h5,7,10-11,15H,2-4,6,8-9,12-13H2,1H3,(H,22,23,25). The van der Waals surface area contributed by atoms with Crippen LogP contribution in [0, 0.1) is 0 Å². The molecule has 1 N–H and O–H groups in total. The third kappa shape index (κ3) is 4.03. The van der Waals surface area contributed by atoms with E-state index >= 15 is 0 Å². The lowest BCUT2D eigenvalue weighted by atomic mass is 9.96. The summed E-state index contributed by atoms with van der Waals surface area (Å²) in [6, 6.07) is 7.35. The number of H-pyrrole nitrogens is 1. The fourth-order valence-electron chi connectivity index (χ4n) is 3.84. The molecule has 3 heterocycles. The number of aromatic nitrogens is 2. The smallest absolute Gasteiger partial charge is 0.251 e. The van der Waals surface area contributed by atoms with Crippen LogP contribution in [0.1, 0.15) is 49.2 Å². The Kier molecular flexibility index (Phi) is 5.32. The summed E-state index contributed by atoms with van der Waals surface area (Å²) >= 11 is 0. The number of amides is 1. The lowest BCUT2D eigenvalue weighted by Gasteiger charge is -2.32. The van der Waals surface area contributed by atoms with Crippen LogP contribution >= 0.6 is 0 Å². The van der Waals surface area contributed by atoms with Crippen LogP contribution in [0.5, 0.6) is 11.5 Å². The third-order valence-electron chi connectivity index (χ3n) is 5.40. The molecule has 0 radical (unpaired) electrons. The van der Waals surface area contributed by atoms with Crippen molar-refractivity contribution in [1.29, 1.82) is 0 Å². The third-order valence-corrected chi connectivity index (χ3v) is 5.40. The van der Waals surface area contributed by atoms with Gasteiger partial charge in [0.05, 0.1) is 0 Å². The molecule has 0 spiro atoms. The van der Waals surface area contributed by atoms with Crippen molar-refractivity contribution in [3.63, 3.8) is 0 Å². The Morgan fingerprint density at radius 3 is 3.00 bits per heavy atom. The number of piperidine rings is 1. The van der Waals surface area contributed by atoms with Gasteiger partial charge in [0.1, 0.15) is 5.82 Å². The van der Waals surface area contributed by atoms with Gasteiger partial charge in [0.2, 0.25) is 12.7 Å². The highest BCUT2D eigenvalue weighted by atomic mass is 16.7. The van der Waals surface area contributed by atoms with Crippen molar-refractivity contribution in [3.8, 4) is 11.5 Å². The number of nitrogens with one attached hydrogen (secondary N) is 1. The second-order valence-corrected chi connectivity index (χ2v) is 7.34. The van der Waals surface area contributed by atoms with Crippen LogP contribution in [0.4, 0.5) is 0 Å².